The summed E-state index contributed by atoms with van der Waals surface area (Å²) in [6, 6.07) is 3.08. The highest BCUT2D eigenvalue weighted by atomic mass is 19.4. The van der Waals surface area contributed by atoms with Crippen LogP contribution in [0.2, 0.25) is 0 Å². The molecule has 2 rings (SSSR count). The van der Waals surface area contributed by atoms with Crippen LogP contribution < -0.4 is 15.4 Å². The molecule has 0 aliphatic carbocycles. The molecule has 1 aromatic heterocycles. The number of nitrogens with zero attached hydrogens (tertiary/aromatic N) is 3. The van der Waals surface area contributed by atoms with Crippen molar-refractivity contribution < 1.29 is 22.6 Å². The molecule has 0 unspecified atom stereocenters. The van der Waals surface area contributed by atoms with Crippen LogP contribution in [0.5, 0.6) is 5.88 Å². The summed E-state index contributed by atoms with van der Waals surface area (Å²) in [4.78, 5) is 10.5. The zero-order valence-corrected chi connectivity index (χ0v) is 16.5. The lowest BCUT2D eigenvalue weighted by Crippen LogP contribution is -2.56. The Balaban J connectivity index is 1.78. The van der Waals surface area contributed by atoms with Crippen molar-refractivity contribution in [2.24, 2.45) is 4.99 Å². The first-order valence-electron chi connectivity index (χ1n) is 9.11. The molecule has 0 radical (unpaired) electrons. The predicted molar refractivity (Wildman–Crippen MR) is 100 cm³/mol. The molecule has 0 amide bonds. The molecule has 28 heavy (non-hydrogen) atoms. The highest BCUT2D eigenvalue weighted by Gasteiger charge is 2.29. The number of morpholine rings is 1. The van der Waals surface area contributed by atoms with E-state index in [0.717, 1.165) is 31.9 Å². The monoisotopic (exact) mass is 403 g/mol. The number of pyridine rings is 1. The zero-order chi connectivity index (χ0) is 20.6. The van der Waals surface area contributed by atoms with Crippen molar-refractivity contribution in [3.8, 4) is 5.88 Å². The third kappa shape index (κ3) is 7.51. The van der Waals surface area contributed by atoms with Crippen LogP contribution in [0.3, 0.4) is 0 Å². The Hall–Kier alpha value is -2.07. The Morgan fingerprint density at radius 3 is 2.54 bits per heavy atom. The van der Waals surface area contributed by atoms with Gasteiger partial charge in [-0.3, -0.25) is 9.89 Å². The Labute approximate surface area is 163 Å². The van der Waals surface area contributed by atoms with Crippen molar-refractivity contribution in [1.82, 2.24) is 20.5 Å². The van der Waals surface area contributed by atoms with E-state index in [1.165, 1.54) is 12.3 Å². The summed E-state index contributed by atoms with van der Waals surface area (Å²) in [5.74, 6) is 0.578. The van der Waals surface area contributed by atoms with Gasteiger partial charge in [0.1, 0.15) is 0 Å². The number of ether oxygens (including phenoxy) is 2. The number of hydrogen-bond donors (Lipinski definition) is 2. The molecule has 1 saturated heterocycles. The molecular weight excluding hydrogens is 375 g/mol. The van der Waals surface area contributed by atoms with Crippen molar-refractivity contribution in [2.45, 2.75) is 32.1 Å². The average molecular weight is 403 g/mol. The van der Waals surface area contributed by atoms with E-state index >= 15 is 0 Å². The van der Waals surface area contributed by atoms with E-state index in [4.69, 9.17) is 4.74 Å². The Kier molecular flexibility index (Phi) is 7.88. The molecule has 0 atom stereocenters. The minimum Gasteiger partial charge on any atom is -0.468 e. The second-order valence-electron chi connectivity index (χ2n) is 7.10. The first-order valence-corrected chi connectivity index (χ1v) is 9.11. The summed E-state index contributed by atoms with van der Waals surface area (Å²) in [7, 11) is 1.68. The van der Waals surface area contributed by atoms with Crippen molar-refractivity contribution in [3.05, 3.63) is 23.9 Å². The standard InChI is InChI=1S/C18H28F3N5O2/c1-17(2,26-6-8-27-9-7-26)12-25-16(22-3)24-11-14-4-5-15(23-10-14)28-13-18(19,20)21/h4-5,10H,6-9,11-13H2,1-3H3,(H2,22,24,25). The molecule has 0 bridgehead atoms. The maximum atomic E-state index is 12.2. The van der Waals surface area contributed by atoms with Crippen LogP contribution in [0, 0.1) is 0 Å². The molecule has 0 spiro atoms. The molecule has 0 aromatic carbocycles. The van der Waals surface area contributed by atoms with E-state index in [1.807, 2.05) is 0 Å². The second-order valence-corrected chi connectivity index (χ2v) is 7.10. The number of alkyl halides is 3. The lowest BCUT2D eigenvalue weighted by molar-refractivity contribution is -0.154. The van der Waals surface area contributed by atoms with Gasteiger partial charge in [-0.2, -0.15) is 13.2 Å². The maximum Gasteiger partial charge on any atom is 0.422 e. The van der Waals surface area contributed by atoms with Crippen LogP contribution in [0.25, 0.3) is 0 Å². The number of hydrogen-bond acceptors (Lipinski definition) is 5. The molecule has 1 fully saturated rings. The number of guanidine groups is 1. The molecular formula is C18H28F3N5O2. The van der Waals surface area contributed by atoms with Gasteiger partial charge in [0, 0.05) is 51.0 Å². The summed E-state index contributed by atoms with van der Waals surface area (Å²) < 4.78 is 46.5. The van der Waals surface area contributed by atoms with Gasteiger partial charge in [0.25, 0.3) is 0 Å². The normalized spacial score (nSPS) is 16.7. The fourth-order valence-corrected chi connectivity index (χ4v) is 2.74. The van der Waals surface area contributed by atoms with Crippen LogP contribution >= 0.6 is 0 Å². The molecule has 0 saturated carbocycles. The number of rotatable bonds is 7. The van der Waals surface area contributed by atoms with Gasteiger partial charge < -0.3 is 20.1 Å². The van der Waals surface area contributed by atoms with Gasteiger partial charge in [-0.25, -0.2) is 4.98 Å². The largest absolute Gasteiger partial charge is 0.468 e. The molecule has 1 aliphatic rings. The molecule has 1 aromatic rings. The van der Waals surface area contributed by atoms with Crippen LogP contribution in [0.15, 0.2) is 23.3 Å². The summed E-state index contributed by atoms with van der Waals surface area (Å²) in [6.45, 7) is 7.40. The molecule has 2 N–H and O–H groups in total. The van der Waals surface area contributed by atoms with Gasteiger partial charge >= 0.3 is 6.18 Å². The van der Waals surface area contributed by atoms with Crippen molar-refractivity contribution in [1.29, 1.82) is 0 Å². The Morgan fingerprint density at radius 1 is 1.25 bits per heavy atom. The number of aliphatic imine (C=N–C) groups is 1. The van der Waals surface area contributed by atoms with E-state index in [0.29, 0.717) is 19.0 Å². The molecule has 158 valence electrons. The maximum absolute atomic E-state index is 12.2. The average Bonchev–Trinajstić information content (AvgIpc) is 2.67. The number of aromatic nitrogens is 1. The van der Waals surface area contributed by atoms with Gasteiger partial charge in [0.15, 0.2) is 12.6 Å². The number of nitrogens with one attached hydrogen (secondary N) is 2. The van der Waals surface area contributed by atoms with Crippen molar-refractivity contribution in [3.63, 3.8) is 0 Å². The third-order valence-electron chi connectivity index (χ3n) is 4.42. The van der Waals surface area contributed by atoms with Crippen LogP contribution in [0.4, 0.5) is 13.2 Å². The topological polar surface area (TPSA) is 71.0 Å². The zero-order valence-electron chi connectivity index (χ0n) is 16.5. The minimum absolute atomic E-state index is 0.0551. The summed E-state index contributed by atoms with van der Waals surface area (Å²) in [6.07, 6.45) is -2.90. The molecule has 1 aliphatic heterocycles. The fraction of sp³-hybridized carbons (Fsp3) is 0.667. The van der Waals surface area contributed by atoms with Gasteiger partial charge in [0.05, 0.1) is 13.2 Å². The van der Waals surface area contributed by atoms with Gasteiger partial charge in [-0.15, -0.1) is 0 Å². The van der Waals surface area contributed by atoms with Gasteiger partial charge in [-0.05, 0) is 19.4 Å². The Bertz CT molecular complexity index is 629. The first-order chi connectivity index (χ1) is 13.2. The lowest BCUT2D eigenvalue weighted by Gasteiger charge is -2.41. The highest BCUT2D eigenvalue weighted by Crippen LogP contribution is 2.17. The van der Waals surface area contributed by atoms with Gasteiger partial charge in [-0.1, -0.05) is 6.07 Å². The lowest BCUT2D eigenvalue weighted by atomic mass is 10.0. The summed E-state index contributed by atoms with van der Waals surface area (Å²) in [5, 5.41) is 6.48. The second kappa shape index (κ2) is 9.92. The van der Waals surface area contributed by atoms with Crippen LogP contribution in [0.1, 0.15) is 19.4 Å². The Morgan fingerprint density at radius 2 is 1.96 bits per heavy atom. The van der Waals surface area contributed by atoms with Crippen molar-refractivity contribution in [2.75, 3.05) is 46.5 Å². The van der Waals surface area contributed by atoms with Crippen LogP contribution in [-0.2, 0) is 11.3 Å². The third-order valence-corrected chi connectivity index (χ3v) is 4.42. The predicted octanol–water partition coefficient (Wildman–Crippen LogP) is 1.80. The minimum atomic E-state index is -4.38. The van der Waals surface area contributed by atoms with Crippen LogP contribution in [-0.4, -0.2) is 74.1 Å². The quantitative estimate of drug-likeness (QED) is 0.535. The SMILES string of the molecule is CN=C(NCc1ccc(OCC(F)(F)F)nc1)NCC(C)(C)N1CCOCC1. The molecule has 10 heteroatoms. The fourth-order valence-electron chi connectivity index (χ4n) is 2.74. The molecule has 7 nitrogen and oxygen atoms in total. The van der Waals surface area contributed by atoms with E-state index in [-0.39, 0.29) is 11.4 Å². The van der Waals surface area contributed by atoms with E-state index in [1.54, 1.807) is 13.1 Å². The van der Waals surface area contributed by atoms with E-state index in [2.05, 4.69) is 44.1 Å². The van der Waals surface area contributed by atoms with Gasteiger partial charge in [0.2, 0.25) is 5.88 Å². The number of halogens is 3. The first kappa shape index (κ1) is 22.2. The van der Waals surface area contributed by atoms with Crippen molar-refractivity contribution >= 4 is 5.96 Å². The summed E-state index contributed by atoms with van der Waals surface area (Å²) in [5.41, 5.74) is 0.746. The smallest absolute Gasteiger partial charge is 0.422 e. The van der Waals surface area contributed by atoms with E-state index < -0.39 is 12.8 Å². The summed E-state index contributed by atoms with van der Waals surface area (Å²) >= 11 is 0. The molecule has 2 heterocycles. The highest BCUT2D eigenvalue weighted by molar-refractivity contribution is 5.79. The van der Waals surface area contributed by atoms with E-state index in [9.17, 15) is 13.2 Å².